The molecule has 0 aliphatic carbocycles. The zero-order valence-electron chi connectivity index (χ0n) is 11.1. The van der Waals surface area contributed by atoms with E-state index >= 15 is 0 Å². The molecule has 0 amide bonds. The van der Waals surface area contributed by atoms with Gasteiger partial charge in [0.1, 0.15) is 12.7 Å². The first kappa shape index (κ1) is 12.2. The normalized spacial score (nSPS) is 10.7. The van der Waals surface area contributed by atoms with Crippen LogP contribution in [0.25, 0.3) is 11.9 Å². The molecular weight excluding hydrogens is 258 g/mol. The largest absolute Gasteiger partial charge is 0.354 e. The van der Waals surface area contributed by atoms with Crippen molar-refractivity contribution >= 4 is 5.95 Å². The fraction of sp³-hybridized carbons (Fsp3) is 0.273. The maximum absolute atomic E-state index is 4.34. The number of rotatable bonds is 4. The van der Waals surface area contributed by atoms with E-state index in [9.17, 15) is 0 Å². The van der Waals surface area contributed by atoms with Crippen LogP contribution in [0.4, 0.5) is 5.95 Å². The highest BCUT2D eigenvalue weighted by Crippen LogP contribution is 2.08. The monoisotopic (exact) mass is 271 g/mol. The summed E-state index contributed by atoms with van der Waals surface area (Å²) in [5.74, 6) is 1.28. The van der Waals surface area contributed by atoms with E-state index in [4.69, 9.17) is 0 Å². The number of aromatic nitrogens is 8. The molecule has 9 nitrogen and oxygen atoms in total. The van der Waals surface area contributed by atoms with Gasteiger partial charge in [0.2, 0.25) is 5.95 Å². The van der Waals surface area contributed by atoms with Gasteiger partial charge in [-0.05, 0) is 19.9 Å². The molecule has 3 heterocycles. The van der Waals surface area contributed by atoms with Crippen LogP contribution in [0.15, 0.2) is 24.9 Å². The minimum absolute atomic E-state index is 0.386. The minimum Gasteiger partial charge on any atom is -0.354 e. The van der Waals surface area contributed by atoms with E-state index in [-0.39, 0.29) is 0 Å². The predicted octanol–water partition coefficient (Wildman–Crippen LogP) is 0.378. The maximum atomic E-state index is 4.34. The molecule has 1 N–H and O–H groups in total. The van der Waals surface area contributed by atoms with Gasteiger partial charge in [-0.3, -0.25) is 0 Å². The molecular formula is C11H13N9. The van der Waals surface area contributed by atoms with Crippen LogP contribution in [0, 0.1) is 6.92 Å². The summed E-state index contributed by atoms with van der Waals surface area (Å²) in [6.45, 7) is 4.58. The van der Waals surface area contributed by atoms with Crippen molar-refractivity contribution in [1.82, 2.24) is 39.5 Å². The van der Waals surface area contributed by atoms with Crippen molar-refractivity contribution in [2.75, 3.05) is 11.9 Å². The molecule has 0 saturated heterocycles. The summed E-state index contributed by atoms with van der Waals surface area (Å²) in [6, 6.07) is 1.88. The molecule has 102 valence electrons. The van der Waals surface area contributed by atoms with Gasteiger partial charge < -0.3 is 5.32 Å². The van der Waals surface area contributed by atoms with Crippen molar-refractivity contribution in [1.29, 1.82) is 0 Å². The van der Waals surface area contributed by atoms with Gasteiger partial charge in [-0.1, -0.05) is 0 Å². The number of nitrogens with one attached hydrogen (secondary N) is 1. The molecule has 0 aliphatic rings. The van der Waals surface area contributed by atoms with Crippen LogP contribution in [0.5, 0.6) is 0 Å². The third-order valence-corrected chi connectivity index (χ3v) is 2.50. The van der Waals surface area contributed by atoms with E-state index in [0.29, 0.717) is 24.4 Å². The van der Waals surface area contributed by atoms with Gasteiger partial charge in [-0.15, -0.1) is 0 Å². The third kappa shape index (κ3) is 2.32. The minimum atomic E-state index is 0.386. The van der Waals surface area contributed by atoms with Crippen molar-refractivity contribution in [2.24, 2.45) is 0 Å². The molecule has 9 heteroatoms. The lowest BCUT2D eigenvalue weighted by molar-refractivity contribution is 0.740. The van der Waals surface area contributed by atoms with Crippen molar-refractivity contribution in [3.63, 3.8) is 0 Å². The van der Waals surface area contributed by atoms with Crippen LogP contribution in [-0.4, -0.2) is 46.0 Å². The van der Waals surface area contributed by atoms with Crippen LogP contribution in [0.1, 0.15) is 12.6 Å². The molecule has 0 atom stereocenters. The molecule has 0 saturated carbocycles. The number of anilines is 1. The highest BCUT2D eigenvalue weighted by atomic mass is 15.4. The van der Waals surface area contributed by atoms with Crippen LogP contribution >= 0.6 is 0 Å². The predicted molar refractivity (Wildman–Crippen MR) is 70.8 cm³/mol. The third-order valence-electron chi connectivity index (χ3n) is 2.50. The summed E-state index contributed by atoms with van der Waals surface area (Å²) in [5.41, 5.74) is 0.887. The highest BCUT2D eigenvalue weighted by Gasteiger charge is 2.10. The van der Waals surface area contributed by atoms with Crippen LogP contribution < -0.4 is 5.32 Å². The molecule has 3 aromatic heterocycles. The van der Waals surface area contributed by atoms with E-state index in [1.807, 2.05) is 19.9 Å². The molecule has 0 unspecified atom stereocenters. The topological polar surface area (TPSA) is 99.2 Å². The second-order valence-electron chi connectivity index (χ2n) is 4.03. The molecule has 0 aromatic carbocycles. The van der Waals surface area contributed by atoms with E-state index in [2.05, 4.69) is 35.5 Å². The Labute approximate surface area is 114 Å². The Balaban J connectivity index is 2.09. The van der Waals surface area contributed by atoms with E-state index < -0.39 is 0 Å². The summed E-state index contributed by atoms with van der Waals surface area (Å²) in [5, 5.41) is 11.4. The SMILES string of the molecule is CCNc1nc(-n2cncn2)nc(-n2ccc(C)n2)n1. The van der Waals surface area contributed by atoms with Gasteiger partial charge in [0.05, 0.1) is 5.69 Å². The van der Waals surface area contributed by atoms with E-state index in [0.717, 1.165) is 5.69 Å². The number of hydrogen-bond acceptors (Lipinski definition) is 7. The van der Waals surface area contributed by atoms with E-state index in [1.165, 1.54) is 17.3 Å². The fourth-order valence-corrected chi connectivity index (χ4v) is 1.63. The zero-order valence-corrected chi connectivity index (χ0v) is 11.1. The van der Waals surface area contributed by atoms with Crippen molar-refractivity contribution < 1.29 is 0 Å². The number of aryl methyl sites for hydroxylation is 1. The first-order valence-corrected chi connectivity index (χ1v) is 6.14. The Morgan fingerprint density at radius 3 is 2.55 bits per heavy atom. The lowest BCUT2D eigenvalue weighted by Gasteiger charge is -2.07. The summed E-state index contributed by atoms with van der Waals surface area (Å²) in [6.07, 6.45) is 4.75. The molecule has 0 radical (unpaired) electrons. The number of nitrogens with zero attached hydrogens (tertiary/aromatic N) is 8. The molecule has 0 aliphatic heterocycles. The molecule has 3 aromatic rings. The second-order valence-corrected chi connectivity index (χ2v) is 4.03. The van der Waals surface area contributed by atoms with Crippen LogP contribution in [0.2, 0.25) is 0 Å². The summed E-state index contributed by atoms with van der Waals surface area (Å²) in [7, 11) is 0. The van der Waals surface area contributed by atoms with Crippen LogP contribution in [-0.2, 0) is 0 Å². The summed E-state index contributed by atoms with van der Waals surface area (Å²) in [4.78, 5) is 16.8. The van der Waals surface area contributed by atoms with Gasteiger partial charge in [0.25, 0.3) is 11.9 Å². The molecule has 0 fully saturated rings. The van der Waals surface area contributed by atoms with Gasteiger partial charge in [0, 0.05) is 12.7 Å². The Kier molecular flexibility index (Phi) is 3.07. The lowest BCUT2D eigenvalue weighted by Crippen LogP contribution is -2.13. The quantitative estimate of drug-likeness (QED) is 0.732. The van der Waals surface area contributed by atoms with Crippen molar-refractivity contribution in [3.8, 4) is 11.9 Å². The van der Waals surface area contributed by atoms with Gasteiger partial charge >= 0.3 is 0 Å². The Hall–Kier alpha value is -2.84. The average molecular weight is 271 g/mol. The first-order chi connectivity index (χ1) is 9.76. The van der Waals surface area contributed by atoms with Crippen LogP contribution in [0.3, 0.4) is 0 Å². The maximum Gasteiger partial charge on any atom is 0.258 e. The Morgan fingerprint density at radius 2 is 1.95 bits per heavy atom. The van der Waals surface area contributed by atoms with Crippen molar-refractivity contribution in [3.05, 3.63) is 30.6 Å². The average Bonchev–Trinajstić information content (AvgIpc) is 3.09. The standard InChI is InChI=1S/C11H13N9/c1-3-13-9-15-10(19-5-4-8(2)18-19)17-11(16-9)20-7-12-6-14-20/h4-7H,3H2,1-2H3,(H,13,15,16,17). The Bertz CT molecular complexity index is 701. The number of hydrogen-bond donors (Lipinski definition) is 1. The molecule has 3 rings (SSSR count). The molecule has 0 spiro atoms. The van der Waals surface area contributed by atoms with E-state index in [1.54, 1.807) is 10.9 Å². The van der Waals surface area contributed by atoms with Gasteiger partial charge in [-0.25, -0.2) is 9.67 Å². The van der Waals surface area contributed by atoms with Crippen molar-refractivity contribution in [2.45, 2.75) is 13.8 Å². The van der Waals surface area contributed by atoms with Gasteiger partial charge in [-0.2, -0.15) is 29.8 Å². The van der Waals surface area contributed by atoms with Gasteiger partial charge in [0.15, 0.2) is 0 Å². The first-order valence-electron chi connectivity index (χ1n) is 6.14. The highest BCUT2D eigenvalue weighted by molar-refractivity contribution is 5.32. The molecule has 20 heavy (non-hydrogen) atoms. The zero-order chi connectivity index (χ0) is 13.9. The smallest absolute Gasteiger partial charge is 0.258 e. The second kappa shape index (κ2) is 5.03. The Morgan fingerprint density at radius 1 is 1.15 bits per heavy atom. The fourth-order valence-electron chi connectivity index (χ4n) is 1.63. The summed E-state index contributed by atoms with van der Waals surface area (Å²) >= 11 is 0. The summed E-state index contributed by atoms with van der Waals surface area (Å²) < 4.78 is 3.07. The molecule has 0 bridgehead atoms. The lowest BCUT2D eigenvalue weighted by atomic mass is 10.5.